The van der Waals surface area contributed by atoms with Crippen LogP contribution in [0.5, 0.6) is 0 Å². The molecule has 0 aliphatic rings. The Bertz CT molecular complexity index is 288. The van der Waals surface area contributed by atoms with E-state index in [4.69, 9.17) is 17.3 Å². The summed E-state index contributed by atoms with van der Waals surface area (Å²) in [6.07, 6.45) is 6.55. The molecule has 1 aromatic heterocycles. The van der Waals surface area contributed by atoms with E-state index in [0.717, 1.165) is 17.5 Å². The van der Waals surface area contributed by atoms with Crippen molar-refractivity contribution >= 4 is 17.7 Å². The Morgan fingerprint density at radius 2 is 2.38 bits per heavy atom. The van der Waals surface area contributed by atoms with Gasteiger partial charge >= 0.3 is 0 Å². The minimum Gasteiger partial charge on any atom is -0.330 e. The van der Waals surface area contributed by atoms with E-state index in [9.17, 15) is 0 Å². The highest BCUT2D eigenvalue weighted by Gasteiger charge is 1.99. The first kappa shape index (κ1) is 10.2. The van der Waals surface area contributed by atoms with Crippen molar-refractivity contribution in [1.82, 2.24) is 4.98 Å². The Morgan fingerprint density at radius 1 is 1.62 bits per heavy atom. The van der Waals surface area contributed by atoms with Gasteiger partial charge in [0.05, 0.1) is 0 Å². The summed E-state index contributed by atoms with van der Waals surface area (Å²) in [6, 6.07) is 1.94. The normalized spacial score (nSPS) is 11.0. The number of halogens is 1. The first-order valence-electron chi connectivity index (χ1n) is 4.23. The number of hydrogen-bond donors (Lipinski definition) is 1. The third-order valence-corrected chi connectivity index (χ3v) is 2.08. The van der Waals surface area contributed by atoms with Crippen molar-refractivity contribution in [2.75, 3.05) is 6.54 Å². The summed E-state index contributed by atoms with van der Waals surface area (Å²) < 4.78 is 0. The first-order chi connectivity index (χ1) is 6.25. The van der Waals surface area contributed by atoms with Gasteiger partial charge in [0, 0.05) is 11.8 Å². The van der Waals surface area contributed by atoms with Crippen LogP contribution < -0.4 is 5.73 Å². The maximum atomic E-state index is 5.91. The summed E-state index contributed by atoms with van der Waals surface area (Å²) in [5, 5.41) is 0.549. The number of hydrogen-bond acceptors (Lipinski definition) is 2. The Hall–Kier alpha value is -0.860. The molecule has 0 saturated heterocycles. The zero-order valence-corrected chi connectivity index (χ0v) is 8.38. The molecule has 0 bridgehead atoms. The predicted molar refractivity (Wildman–Crippen MR) is 56.7 cm³/mol. The van der Waals surface area contributed by atoms with Gasteiger partial charge in [-0.1, -0.05) is 23.8 Å². The highest BCUT2D eigenvalue weighted by molar-refractivity contribution is 6.30. The number of pyridine rings is 1. The van der Waals surface area contributed by atoms with Crippen LogP contribution in [-0.2, 0) is 0 Å². The summed E-state index contributed by atoms with van der Waals surface area (Å²) in [4.78, 5) is 4.00. The molecule has 1 heterocycles. The fourth-order valence-electron chi connectivity index (χ4n) is 1.03. The number of rotatable bonds is 3. The molecular formula is C10H13ClN2. The molecule has 0 aliphatic heterocycles. The maximum absolute atomic E-state index is 5.91. The van der Waals surface area contributed by atoms with Crippen LogP contribution in [0.4, 0.5) is 0 Å². The van der Waals surface area contributed by atoms with Gasteiger partial charge in [-0.2, -0.15) is 0 Å². The van der Waals surface area contributed by atoms with Crippen LogP contribution in [-0.4, -0.2) is 11.5 Å². The standard InChI is InChI=1S/C10H13ClN2/c1-8-5-7-13-10(11)9(8)4-2-3-6-12/h2,4-5,7H,3,6,12H2,1H3. The highest BCUT2D eigenvalue weighted by atomic mass is 35.5. The van der Waals surface area contributed by atoms with Crippen molar-refractivity contribution in [2.24, 2.45) is 5.73 Å². The number of nitrogens with two attached hydrogens (primary N) is 1. The van der Waals surface area contributed by atoms with E-state index in [0.29, 0.717) is 11.7 Å². The SMILES string of the molecule is Cc1ccnc(Cl)c1C=CCCN. The second-order valence-electron chi connectivity index (χ2n) is 2.81. The molecule has 0 aromatic carbocycles. The maximum Gasteiger partial charge on any atom is 0.136 e. The van der Waals surface area contributed by atoms with Gasteiger partial charge in [-0.25, -0.2) is 4.98 Å². The summed E-state index contributed by atoms with van der Waals surface area (Å²) in [5.41, 5.74) is 7.49. The second kappa shape index (κ2) is 5.00. The molecule has 13 heavy (non-hydrogen) atoms. The average molecular weight is 197 g/mol. The third kappa shape index (κ3) is 2.83. The van der Waals surface area contributed by atoms with E-state index in [2.05, 4.69) is 4.98 Å². The fourth-order valence-corrected chi connectivity index (χ4v) is 1.30. The molecule has 2 nitrogen and oxygen atoms in total. The molecule has 0 unspecified atom stereocenters. The lowest BCUT2D eigenvalue weighted by atomic mass is 10.1. The van der Waals surface area contributed by atoms with Crippen LogP contribution in [0, 0.1) is 6.92 Å². The summed E-state index contributed by atoms with van der Waals surface area (Å²) in [5.74, 6) is 0. The largest absolute Gasteiger partial charge is 0.330 e. The Morgan fingerprint density at radius 3 is 3.00 bits per heavy atom. The molecule has 1 rings (SSSR count). The quantitative estimate of drug-likeness (QED) is 0.755. The highest BCUT2D eigenvalue weighted by Crippen LogP contribution is 2.18. The molecule has 0 spiro atoms. The van der Waals surface area contributed by atoms with Crippen molar-refractivity contribution < 1.29 is 0 Å². The molecule has 0 fully saturated rings. The van der Waals surface area contributed by atoms with Crippen molar-refractivity contribution in [3.63, 3.8) is 0 Å². The minimum atomic E-state index is 0.549. The summed E-state index contributed by atoms with van der Waals surface area (Å²) in [6.45, 7) is 2.67. The minimum absolute atomic E-state index is 0.549. The topological polar surface area (TPSA) is 38.9 Å². The first-order valence-corrected chi connectivity index (χ1v) is 4.61. The van der Waals surface area contributed by atoms with Crippen molar-refractivity contribution in [1.29, 1.82) is 0 Å². The molecule has 1 aromatic rings. The van der Waals surface area contributed by atoms with Crippen LogP contribution in [0.3, 0.4) is 0 Å². The van der Waals surface area contributed by atoms with E-state index >= 15 is 0 Å². The average Bonchev–Trinajstić information content (AvgIpc) is 2.10. The van der Waals surface area contributed by atoms with Gasteiger partial charge in [0.1, 0.15) is 5.15 Å². The molecule has 0 atom stereocenters. The van der Waals surface area contributed by atoms with Gasteiger partial charge in [-0.05, 0) is 31.5 Å². The van der Waals surface area contributed by atoms with Crippen LogP contribution in [0.1, 0.15) is 17.5 Å². The van der Waals surface area contributed by atoms with E-state index in [1.807, 2.05) is 25.1 Å². The zero-order valence-electron chi connectivity index (χ0n) is 7.63. The van der Waals surface area contributed by atoms with Crippen LogP contribution >= 0.6 is 11.6 Å². The molecule has 0 aliphatic carbocycles. The number of nitrogens with zero attached hydrogens (tertiary/aromatic N) is 1. The van der Waals surface area contributed by atoms with Crippen LogP contribution in [0.2, 0.25) is 5.15 Å². The molecule has 70 valence electrons. The van der Waals surface area contributed by atoms with Crippen molar-refractivity contribution in [3.05, 3.63) is 34.6 Å². The molecule has 3 heteroatoms. The fraction of sp³-hybridized carbons (Fsp3) is 0.300. The molecule has 0 radical (unpaired) electrons. The van der Waals surface area contributed by atoms with Gasteiger partial charge in [-0.3, -0.25) is 0 Å². The lowest BCUT2D eigenvalue weighted by molar-refractivity contribution is 1.01. The van der Waals surface area contributed by atoms with E-state index in [-0.39, 0.29) is 0 Å². The van der Waals surface area contributed by atoms with Crippen molar-refractivity contribution in [2.45, 2.75) is 13.3 Å². The van der Waals surface area contributed by atoms with Crippen LogP contribution in [0.25, 0.3) is 6.08 Å². The van der Waals surface area contributed by atoms with Gasteiger partial charge in [0.15, 0.2) is 0 Å². The van der Waals surface area contributed by atoms with E-state index < -0.39 is 0 Å². The second-order valence-corrected chi connectivity index (χ2v) is 3.17. The van der Waals surface area contributed by atoms with E-state index in [1.54, 1.807) is 6.20 Å². The Balaban J connectivity index is 2.87. The Labute approximate surface area is 83.4 Å². The zero-order chi connectivity index (χ0) is 9.68. The van der Waals surface area contributed by atoms with Crippen LogP contribution in [0.15, 0.2) is 18.3 Å². The van der Waals surface area contributed by atoms with Gasteiger partial charge < -0.3 is 5.73 Å². The van der Waals surface area contributed by atoms with Gasteiger partial charge in [0.2, 0.25) is 0 Å². The van der Waals surface area contributed by atoms with Crippen molar-refractivity contribution in [3.8, 4) is 0 Å². The summed E-state index contributed by atoms with van der Waals surface area (Å²) in [7, 11) is 0. The third-order valence-electron chi connectivity index (χ3n) is 1.78. The molecule has 2 N–H and O–H groups in total. The predicted octanol–water partition coefficient (Wildman–Crippen LogP) is 2.41. The Kier molecular flexibility index (Phi) is 3.93. The number of aromatic nitrogens is 1. The smallest absolute Gasteiger partial charge is 0.136 e. The number of aryl methyl sites for hydroxylation is 1. The van der Waals surface area contributed by atoms with E-state index in [1.165, 1.54) is 0 Å². The molecular weight excluding hydrogens is 184 g/mol. The van der Waals surface area contributed by atoms with Gasteiger partial charge in [-0.15, -0.1) is 0 Å². The van der Waals surface area contributed by atoms with Gasteiger partial charge in [0.25, 0.3) is 0 Å². The molecule has 0 saturated carbocycles. The lowest BCUT2D eigenvalue weighted by Crippen LogP contribution is -1.95. The molecule has 0 amide bonds. The monoisotopic (exact) mass is 196 g/mol. The lowest BCUT2D eigenvalue weighted by Gasteiger charge is -2.00. The summed E-state index contributed by atoms with van der Waals surface area (Å²) >= 11 is 5.91.